The molecule has 1 heterocycles. The maximum absolute atomic E-state index is 2.43. The van der Waals surface area contributed by atoms with Crippen LogP contribution in [0.2, 0.25) is 0 Å². The molecule has 0 amide bonds. The van der Waals surface area contributed by atoms with Gasteiger partial charge in [0.2, 0.25) is 0 Å². The lowest BCUT2D eigenvalue weighted by atomic mass is 9.95. The first-order valence-corrected chi connectivity index (χ1v) is 18.5. The molecule has 10 rings (SSSR count). The van der Waals surface area contributed by atoms with Gasteiger partial charge in [0.05, 0.1) is 22.4 Å². The van der Waals surface area contributed by atoms with Crippen LogP contribution in [-0.2, 0) is 0 Å². The molecule has 1 aromatic heterocycles. The monoisotopic (exact) mass is 688 g/mol. The van der Waals surface area contributed by atoms with Gasteiger partial charge in [0, 0.05) is 33.1 Å². The third-order valence-electron chi connectivity index (χ3n) is 10.6. The van der Waals surface area contributed by atoms with Gasteiger partial charge in [-0.2, -0.15) is 0 Å². The topological polar surface area (TPSA) is 8.17 Å². The highest BCUT2D eigenvalue weighted by atomic mass is 15.1. The largest absolute Gasteiger partial charge is 0.310 e. The van der Waals surface area contributed by atoms with Gasteiger partial charge in [-0.1, -0.05) is 170 Å². The molecule has 0 N–H and O–H groups in total. The summed E-state index contributed by atoms with van der Waals surface area (Å²) in [6, 6.07) is 78.8. The number of anilines is 3. The third kappa shape index (κ3) is 5.44. The van der Waals surface area contributed by atoms with Crippen molar-refractivity contribution >= 4 is 49.6 Å². The molecule has 9 aromatic carbocycles. The number of benzene rings is 9. The molecule has 0 spiro atoms. The predicted octanol–water partition coefficient (Wildman–Crippen LogP) is 14.4. The summed E-state index contributed by atoms with van der Waals surface area (Å²) in [5, 5.41) is 4.92. The zero-order valence-electron chi connectivity index (χ0n) is 29.7. The fourth-order valence-corrected chi connectivity index (χ4v) is 8.08. The maximum Gasteiger partial charge on any atom is 0.0541 e. The average molecular weight is 689 g/mol. The van der Waals surface area contributed by atoms with E-state index in [4.69, 9.17) is 0 Å². The van der Waals surface area contributed by atoms with E-state index in [1.54, 1.807) is 0 Å². The summed E-state index contributed by atoms with van der Waals surface area (Å²) in [7, 11) is 0. The number of aromatic nitrogens is 1. The quantitative estimate of drug-likeness (QED) is 0.162. The first-order chi connectivity index (χ1) is 26.8. The van der Waals surface area contributed by atoms with Gasteiger partial charge in [0.1, 0.15) is 0 Å². The Morgan fingerprint density at radius 1 is 0.278 bits per heavy atom. The highest BCUT2D eigenvalue weighted by Gasteiger charge is 2.20. The highest BCUT2D eigenvalue weighted by molar-refractivity contribution is 6.11. The molecule has 0 aliphatic carbocycles. The third-order valence-corrected chi connectivity index (χ3v) is 10.6. The van der Waals surface area contributed by atoms with Crippen molar-refractivity contribution in [3.8, 4) is 39.1 Å². The summed E-state index contributed by atoms with van der Waals surface area (Å²) >= 11 is 0. The van der Waals surface area contributed by atoms with Gasteiger partial charge in [-0.05, 0) is 81.7 Å². The van der Waals surface area contributed by atoms with E-state index in [-0.39, 0.29) is 0 Å². The van der Waals surface area contributed by atoms with E-state index < -0.39 is 0 Å². The van der Waals surface area contributed by atoms with Gasteiger partial charge in [-0.25, -0.2) is 0 Å². The van der Waals surface area contributed by atoms with E-state index >= 15 is 0 Å². The SMILES string of the molecule is c1ccc(-c2ccc(-c3ccc(N(c4ccccc4)c4ccc(-c5ccccc5-n5c6ccccc6c6ccccc65)c5ccccc45)cc3)cc2)cc1. The van der Waals surface area contributed by atoms with E-state index in [1.807, 2.05) is 0 Å². The van der Waals surface area contributed by atoms with E-state index in [0.717, 1.165) is 17.1 Å². The summed E-state index contributed by atoms with van der Waals surface area (Å²) in [6.07, 6.45) is 0. The average Bonchev–Trinajstić information content (AvgIpc) is 3.59. The molecule has 0 atom stereocenters. The van der Waals surface area contributed by atoms with Crippen LogP contribution in [0.1, 0.15) is 0 Å². The summed E-state index contributed by atoms with van der Waals surface area (Å²) in [4.78, 5) is 2.38. The molecule has 10 aromatic rings. The number of nitrogens with zero attached hydrogens (tertiary/aromatic N) is 2. The van der Waals surface area contributed by atoms with Crippen molar-refractivity contribution in [1.82, 2.24) is 4.57 Å². The van der Waals surface area contributed by atoms with Crippen molar-refractivity contribution in [3.05, 3.63) is 218 Å². The second kappa shape index (κ2) is 13.4. The molecule has 0 saturated carbocycles. The summed E-state index contributed by atoms with van der Waals surface area (Å²) in [5.41, 5.74) is 14.2. The minimum Gasteiger partial charge on any atom is -0.310 e. The molecule has 0 saturated heterocycles. The van der Waals surface area contributed by atoms with Gasteiger partial charge < -0.3 is 9.47 Å². The van der Waals surface area contributed by atoms with Crippen molar-refractivity contribution in [2.75, 3.05) is 4.90 Å². The van der Waals surface area contributed by atoms with Crippen LogP contribution < -0.4 is 4.90 Å². The molecular formula is C52H36N2. The number of hydrogen-bond donors (Lipinski definition) is 0. The lowest BCUT2D eigenvalue weighted by Gasteiger charge is -2.28. The molecule has 0 fully saturated rings. The fraction of sp³-hybridized carbons (Fsp3) is 0. The van der Waals surface area contributed by atoms with Crippen molar-refractivity contribution in [2.24, 2.45) is 0 Å². The Hall–Kier alpha value is -7.16. The number of rotatable bonds is 7. The van der Waals surface area contributed by atoms with E-state index in [1.165, 1.54) is 71.6 Å². The fourth-order valence-electron chi connectivity index (χ4n) is 8.08. The number of hydrogen-bond acceptors (Lipinski definition) is 1. The Morgan fingerprint density at radius 3 is 1.35 bits per heavy atom. The minimum atomic E-state index is 1.11. The zero-order chi connectivity index (χ0) is 35.8. The van der Waals surface area contributed by atoms with Crippen molar-refractivity contribution in [3.63, 3.8) is 0 Å². The van der Waals surface area contributed by atoms with Crippen LogP contribution in [0, 0.1) is 0 Å². The first-order valence-electron chi connectivity index (χ1n) is 18.5. The molecule has 2 heteroatoms. The molecule has 0 radical (unpaired) electrons. The number of para-hydroxylation sites is 4. The van der Waals surface area contributed by atoms with Crippen LogP contribution in [-0.4, -0.2) is 4.57 Å². The van der Waals surface area contributed by atoms with Crippen LogP contribution in [0.3, 0.4) is 0 Å². The van der Waals surface area contributed by atoms with Gasteiger partial charge >= 0.3 is 0 Å². The van der Waals surface area contributed by atoms with Crippen LogP contribution in [0.5, 0.6) is 0 Å². The Bertz CT molecular complexity index is 2850. The van der Waals surface area contributed by atoms with Crippen LogP contribution in [0.15, 0.2) is 218 Å². The molecule has 254 valence electrons. The van der Waals surface area contributed by atoms with Crippen molar-refractivity contribution in [1.29, 1.82) is 0 Å². The van der Waals surface area contributed by atoms with E-state index in [0.29, 0.717) is 0 Å². The molecule has 0 bridgehead atoms. The second-order valence-electron chi connectivity index (χ2n) is 13.7. The Morgan fingerprint density at radius 2 is 0.722 bits per heavy atom. The van der Waals surface area contributed by atoms with Gasteiger partial charge in [0.15, 0.2) is 0 Å². The van der Waals surface area contributed by atoms with Crippen molar-refractivity contribution < 1.29 is 0 Å². The standard InChI is InChI=1S/C52H36N2/c1-3-15-37(16-4-1)38-27-29-39(30-28-38)40-31-33-42(34-32-40)53(41-17-5-2-6-18-41)52-36-35-44(43-19-7-8-20-45(43)52)46-21-9-12-24-49(46)54-50-25-13-10-22-47(50)48-23-11-14-26-51(48)54/h1-36H. The lowest BCUT2D eigenvalue weighted by Crippen LogP contribution is -2.10. The second-order valence-corrected chi connectivity index (χ2v) is 13.7. The molecule has 0 unspecified atom stereocenters. The molecular weight excluding hydrogens is 653 g/mol. The van der Waals surface area contributed by atoms with Gasteiger partial charge in [-0.15, -0.1) is 0 Å². The Kier molecular flexibility index (Phi) is 7.85. The lowest BCUT2D eigenvalue weighted by molar-refractivity contribution is 1.18. The van der Waals surface area contributed by atoms with Crippen LogP contribution in [0.25, 0.3) is 71.6 Å². The van der Waals surface area contributed by atoms with Gasteiger partial charge in [0.25, 0.3) is 0 Å². The smallest absolute Gasteiger partial charge is 0.0541 e. The van der Waals surface area contributed by atoms with E-state index in [2.05, 4.69) is 228 Å². The van der Waals surface area contributed by atoms with Gasteiger partial charge in [-0.3, -0.25) is 0 Å². The summed E-state index contributed by atoms with van der Waals surface area (Å²) in [5.74, 6) is 0. The summed E-state index contributed by atoms with van der Waals surface area (Å²) in [6.45, 7) is 0. The molecule has 0 aliphatic heterocycles. The Labute approximate surface area is 315 Å². The molecule has 0 aliphatic rings. The van der Waals surface area contributed by atoms with Crippen molar-refractivity contribution in [2.45, 2.75) is 0 Å². The zero-order valence-corrected chi connectivity index (χ0v) is 29.7. The highest BCUT2D eigenvalue weighted by Crippen LogP contribution is 2.44. The predicted molar refractivity (Wildman–Crippen MR) is 229 cm³/mol. The maximum atomic E-state index is 2.43. The van der Waals surface area contributed by atoms with Crippen LogP contribution >= 0.6 is 0 Å². The molecule has 2 nitrogen and oxygen atoms in total. The Balaban J connectivity index is 1.09. The first kappa shape index (κ1) is 31.6. The minimum absolute atomic E-state index is 1.11. The van der Waals surface area contributed by atoms with E-state index in [9.17, 15) is 0 Å². The molecule has 54 heavy (non-hydrogen) atoms. The number of fused-ring (bicyclic) bond motifs is 4. The summed E-state index contributed by atoms with van der Waals surface area (Å²) < 4.78 is 2.43. The normalized spacial score (nSPS) is 11.3. The van der Waals surface area contributed by atoms with Crippen LogP contribution in [0.4, 0.5) is 17.1 Å².